The van der Waals surface area contributed by atoms with Crippen LogP contribution >= 0.6 is 11.8 Å². The van der Waals surface area contributed by atoms with E-state index in [0.29, 0.717) is 0 Å². The Hall–Kier alpha value is -1.75. The Kier molecular flexibility index (Phi) is 4.63. The van der Waals surface area contributed by atoms with E-state index in [1.54, 1.807) is 0 Å². The van der Waals surface area contributed by atoms with E-state index in [0.717, 1.165) is 24.4 Å². The van der Waals surface area contributed by atoms with Crippen molar-refractivity contribution in [1.29, 1.82) is 5.41 Å². The van der Waals surface area contributed by atoms with Crippen molar-refractivity contribution in [1.82, 2.24) is 9.78 Å². The van der Waals surface area contributed by atoms with E-state index in [9.17, 15) is 0 Å². The van der Waals surface area contributed by atoms with E-state index < -0.39 is 0 Å². The molecule has 0 aliphatic heterocycles. The Balaban J connectivity index is 1.89. The summed E-state index contributed by atoms with van der Waals surface area (Å²) in [6.45, 7) is 2.79. The van der Waals surface area contributed by atoms with Crippen LogP contribution in [0.3, 0.4) is 0 Å². The van der Waals surface area contributed by atoms with Crippen LogP contribution in [0, 0.1) is 12.3 Å². The average Bonchev–Trinajstić information content (AvgIpc) is 2.77. The second-order valence-corrected chi connectivity index (χ2v) is 5.57. The van der Waals surface area contributed by atoms with Crippen LogP contribution < -0.4 is 5.73 Å². The van der Waals surface area contributed by atoms with Gasteiger partial charge in [-0.15, -0.1) is 0 Å². The first kappa shape index (κ1) is 13.7. The minimum Gasteiger partial charge on any atom is -0.379 e. The molecule has 0 aliphatic carbocycles. The molecule has 0 atom stereocenters. The van der Waals surface area contributed by atoms with Gasteiger partial charge in [-0.1, -0.05) is 36.0 Å². The largest absolute Gasteiger partial charge is 0.379 e. The molecule has 0 bridgehead atoms. The van der Waals surface area contributed by atoms with Gasteiger partial charge in [0.2, 0.25) is 0 Å². The maximum atomic E-state index is 7.15. The summed E-state index contributed by atoms with van der Waals surface area (Å²) in [5.41, 5.74) is 8.86. The van der Waals surface area contributed by atoms with Crippen molar-refractivity contribution in [3.63, 3.8) is 0 Å². The predicted octanol–water partition coefficient (Wildman–Crippen LogP) is 2.41. The van der Waals surface area contributed by atoms with Gasteiger partial charge in [-0.25, -0.2) is 0 Å². The monoisotopic (exact) mass is 274 g/mol. The summed E-state index contributed by atoms with van der Waals surface area (Å²) in [5.74, 6) is 0.854. The summed E-state index contributed by atoms with van der Waals surface area (Å²) >= 11 is 1.38. The number of hydrogen-bond acceptors (Lipinski definition) is 3. The molecular formula is C14H18N4S. The highest BCUT2D eigenvalue weighted by Gasteiger charge is 1.99. The maximum Gasteiger partial charge on any atom is 0.151 e. The fourth-order valence-electron chi connectivity index (χ4n) is 1.83. The van der Waals surface area contributed by atoms with Gasteiger partial charge in [-0.05, 0) is 30.5 Å². The number of nitrogens with zero attached hydrogens (tertiary/aromatic N) is 2. The van der Waals surface area contributed by atoms with Crippen LogP contribution in [0.1, 0.15) is 16.8 Å². The topological polar surface area (TPSA) is 67.7 Å². The molecule has 0 saturated carbocycles. The van der Waals surface area contributed by atoms with Crippen molar-refractivity contribution in [3.8, 4) is 0 Å². The first-order valence-corrected chi connectivity index (χ1v) is 7.17. The molecular weight excluding hydrogens is 256 g/mol. The predicted molar refractivity (Wildman–Crippen MR) is 80.6 cm³/mol. The van der Waals surface area contributed by atoms with Gasteiger partial charge in [-0.2, -0.15) is 5.10 Å². The number of amidine groups is 1. The molecule has 1 aromatic carbocycles. The SMILES string of the molecule is Cc1ccn(Cc2ccc(CCSC(=N)N)cc2)n1. The summed E-state index contributed by atoms with van der Waals surface area (Å²) in [6, 6.07) is 10.5. The summed E-state index contributed by atoms with van der Waals surface area (Å²) in [5, 5.41) is 11.7. The Morgan fingerprint density at radius 3 is 2.53 bits per heavy atom. The summed E-state index contributed by atoms with van der Waals surface area (Å²) in [4.78, 5) is 0. The molecule has 5 heteroatoms. The van der Waals surface area contributed by atoms with E-state index in [1.165, 1.54) is 22.9 Å². The first-order chi connectivity index (χ1) is 9.13. The third-order valence-corrected chi connectivity index (χ3v) is 3.51. The standard InChI is InChI=1S/C14H18N4S/c1-11-6-8-18(17-11)10-13-4-2-12(3-5-13)7-9-19-14(15)16/h2-6,8H,7,9-10H2,1H3,(H3,15,16). The number of thioether (sulfide) groups is 1. The molecule has 0 aliphatic rings. The molecule has 0 radical (unpaired) electrons. The zero-order chi connectivity index (χ0) is 13.7. The van der Waals surface area contributed by atoms with E-state index >= 15 is 0 Å². The number of nitrogens with two attached hydrogens (primary N) is 1. The van der Waals surface area contributed by atoms with Gasteiger partial charge in [0.25, 0.3) is 0 Å². The number of aromatic nitrogens is 2. The Morgan fingerprint density at radius 1 is 1.26 bits per heavy atom. The second kappa shape index (κ2) is 6.43. The van der Waals surface area contributed by atoms with E-state index in [4.69, 9.17) is 11.1 Å². The number of rotatable bonds is 5. The number of benzene rings is 1. The second-order valence-electron chi connectivity index (χ2n) is 4.43. The van der Waals surface area contributed by atoms with Crippen molar-refractivity contribution < 1.29 is 0 Å². The molecule has 19 heavy (non-hydrogen) atoms. The number of hydrogen-bond donors (Lipinski definition) is 2. The highest BCUT2D eigenvalue weighted by Crippen LogP contribution is 2.10. The molecule has 2 rings (SSSR count). The molecule has 3 N–H and O–H groups in total. The van der Waals surface area contributed by atoms with Gasteiger partial charge in [0.05, 0.1) is 12.2 Å². The van der Waals surface area contributed by atoms with Crippen LogP contribution in [0.15, 0.2) is 36.5 Å². The van der Waals surface area contributed by atoms with Gasteiger partial charge < -0.3 is 5.73 Å². The van der Waals surface area contributed by atoms with Gasteiger partial charge >= 0.3 is 0 Å². The van der Waals surface area contributed by atoms with Crippen LogP contribution in [0.4, 0.5) is 0 Å². The summed E-state index contributed by atoms with van der Waals surface area (Å²) in [7, 11) is 0. The fraction of sp³-hybridized carbons (Fsp3) is 0.286. The first-order valence-electron chi connectivity index (χ1n) is 6.18. The fourth-order valence-corrected chi connectivity index (χ4v) is 2.39. The van der Waals surface area contributed by atoms with E-state index in [-0.39, 0.29) is 5.17 Å². The normalized spacial score (nSPS) is 10.6. The average molecular weight is 274 g/mol. The van der Waals surface area contributed by atoms with Crippen LogP contribution in [0.5, 0.6) is 0 Å². The van der Waals surface area contributed by atoms with Gasteiger partial charge in [0.1, 0.15) is 0 Å². The van der Waals surface area contributed by atoms with Crippen LogP contribution in [0.2, 0.25) is 0 Å². The molecule has 1 aromatic heterocycles. The third kappa shape index (κ3) is 4.44. The van der Waals surface area contributed by atoms with Crippen LogP contribution in [-0.2, 0) is 13.0 Å². The zero-order valence-electron chi connectivity index (χ0n) is 11.0. The lowest BCUT2D eigenvalue weighted by Gasteiger charge is -2.04. The lowest BCUT2D eigenvalue weighted by atomic mass is 10.1. The van der Waals surface area contributed by atoms with Crippen molar-refractivity contribution >= 4 is 16.9 Å². The van der Waals surface area contributed by atoms with Crippen molar-refractivity contribution in [2.75, 3.05) is 5.75 Å². The number of aryl methyl sites for hydroxylation is 2. The molecule has 0 amide bonds. The smallest absolute Gasteiger partial charge is 0.151 e. The van der Waals surface area contributed by atoms with Gasteiger partial charge in [0.15, 0.2) is 5.17 Å². The van der Waals surface area contributed by atoms with Gasteiger partial charge in [-0.3, -0.25) is 10.1 Å². The van der Waals surface area contributed by atoms with E-state index in [2.05, 4.69) is 29.4 Å². The van der Waals surface area contributed by atoms with E-state index in [1.807, 2.05) is 23.9 Å². The summed E-state index contributed by atoms with van der Waals surface area (Å²) < 4.78 is 1.94. The Bertz CT molecular complexity index is 545. The molecule has 0 fully saturated rings. The Morgan fingerprint density at radius 2 is 1.95 bits per heavy atom. The quantitative estimate of drug-likeness (QED) is 0.650. The molecule has 0 spiro atoms. The Labute approximate surface area is 117 Å². The minimum atomic E-state index is 0.186. The highest BCUT2D eigenvalue weighted by molar-refractivity contribution is 8.13. The minimum absolute atomic E-state index is 0.186. The van der Waals surface area contributed by atoms with Crippen LogP contribution in [-0.4, -0.2) is 20.7 Å². The number of nitrogens with one attached hydrogen (secondary N) is 1. The van der Waals surface area contributed by atoms with Crippen molar-refractivity contribution in [3.05, 3.63) is 53.3 Å². The molecule has 2 aromatic rings. The van der Waals surface area contributed by atoms with Crippen LogP contribution in [0.25, 0.3) is 0 Å². The highest BCUT2D eigenvalue weighted by atomic mass is 32.2. The molecule has 0 unspecified atom stereocenters. The van der Waals surface area contributed by atoms with Crippen molar-refractivity contribution in [2.24, 2.45) is 5.73 Å². The lowest BCUT2D eigenvalue weighted by Crippen LogP contribution is -2.05. The molecule has 4 nitrogen and oxygen atoms in total. The van der Waals surface area contributed by atoms with Crippen molar-refractivity contribution in [2.45, 2.75) is 19.9 Å². The molecule has 1 heterocycles. The molecule has 100 valence electrons. The summed E-state index contributed by atoms with van der Waals surface area (Å²) in [6.07, 6.45) is 2.93. The maximum absolute atomic E-state index is 7.15. The zero-order valence-corrected chi connectivity index (χ0v) is 11.8. The molecule has 0 saturated heterocycles. The lowest BCUT2D eigenvalue weighted by molar-refractivity contribution is 0.679. The third-order valence-electron chi connectivity index (χ3n) is 2.79. The van der Waals surface area contributed by atoms with Gasteiger partial charge in [0, 0.05) is 11.9 Å².